The van der Waals surface area contributed by atoms with Crippen LogP contribution in [0.3, 0.4) is 0 Å². The Morgan fingerprint density at radius 2 is 1.95 bits per heavy atom. The van der Waals surface area contributed by atoms with Crippen molar-refractivity contribution in [1.29, 1.82) is 0 Å². The van der Waals surface area contributed by atoms with Crippen molar-refractivity contribution in [1.82, 2.24) is 9.78 Å². The van der Waals surface area contributed by atoms with Crippen molar-refractivity contribution in [2.45, 2.75) is 45.6 Å². The lowest BCUT2D eigenvalue weighted by atomic mass is 9.93. The molecule has 2 N–H and O–H groups in total. The van der Waals surface area contributed by atoms with E-state index in [1.807, 2.05) is 6.07 Å². The van der Waals surface area contributed by atoms with Gasteiger partial charge in [-0.05, 0) is 60.1 Å². The third kappa shape index (κ3) is 3.74. The minimum absolute atomic E-state index is 0.406. The van der Waals surface area contributed by atoms with Crippen LogP contribution in [0.1, 0.15) is 43.1 Å². The van der Waals surface area contributed by atoms with Crippen LogP contribution in [-0.2, 0) is 19.4 Å². The van der Waals surface area contributed by atoms with E-state index in [4.69, 9.17) is 5.73 Å². The van der Waals surface area contributed by atoms with Gasteiger partial charge in [0.05, 0.1) is 15.9 Å². The number of nitrogens with two attached hydrogens (primary N) is 1. The fraction of sp³-hybridized carbons (Fsp3) is 0.471. The Labute approximate surface area is 135 Å². The summed E-state index contributed by atoms with van der Waals surface area (Å²) in [6.45, 7) is 5.87. The Morgan fingerprint density at radius 1 is 1.24 bits per heavy atom. The van der Waals surface area contributed by atoms with Crippen LogP contribution in [0, 0.1) is 0 Å². The summed E-state index contributed by atoms with van der Waals surface area (Å²) in [5.41, 5.74) is 9.75. The molecule has 4 heteroatoms. The van der Waals surface area contributed by atoms with E-state index in [9.17, 15) is 0 Å². The molecule has 0 amide bonds. The Morgan fingerprint density at radius 3 is 2.52 bits per heavy atom. The zero-order chi connectivity index (χ0) is 15.2. The Bertz CT molecular complexity index is 563. The average molecular weight is 350 g/mol. The molecule has 21 heavy (non-hydrogen) atoms. The second-order valence-electron chi connectivity index (χ2n) is 5.26. The maximum Gasteiger partial charge on any atom is 0.0766 e. The molecule has 2 rings (SSSR count). The number of hydrogen-bond donors (Lipinski definition) is 1. The Kier molecular flexibility index (Phi) is 6.00. The fourth-order valence-electron chi connectivity index (χ4n) is 2.71. The standard InChI is InChI=1S/C17H24BrN3/c1-3-15-17(18)16(21(4-2)20-15)11-10-14(12-19)13-8-6-5-7-9-13/h5-9,14H,3-4,10-12,19H2,1-2H3. The fourth-order valence-corrected chi connectivity index (χ4v) is 3.48. The van der Waals surface area contributed by atoms with Crippen LogP contribution in [0.25, 0.3) is 0 Å². The molecule has 0 aliphatic heterocycles. The lowest BCUT2D eigenvalue weighted by Crippen LogP contribution is -2.14. The first-order valence-corrected chi connectivity index (χ1v) is 8.49. The van der Waals surface area contributed by atoms with Gasteiger partial charge in [-0.25, -0.2) is 0 Å². The molecule has 0 bridgehead atoms. The third-order valence-electron chi connectivity index (χ3n) is 3.98. The number of rotatable bonds is 7. The predicted molar refractivity (Wildman–Crippen MR) is 91.5 cm³/mol. The van der Waals surface area contributed by atoms with Crippen molar-refractivity contribution in [3.05, 3.63) is 51.8 Å². The molecule has 0 radical (unpaired) electrons. The molecule has 0 saturated carbocycles. The maximum atomic E-state index is 5.97. The van der Waals surface area contributed by atoms with E-state index in [1.54, 1.807) is 0 Å². The lowest BCUT2D eigenvalue weighted by molar-refractivity contribution is 0.571. The van der Waals surface area contributed by atoms with Crippen molar-refractivity contribution >= 4 is 15.9 Å². The van der Waals surface area contributed by atoms with Crippen LogP contribution < -0.4 is 5.73 Å². The van der Waals surface area contributed by atoms with E-state index in [1.165, 1.54) is 15.7 Å². The molecule has 2 aromatic rings. The molecule has 0 aliphatic carbocycles. The summed E-state index contributed by atoms with van der Waals surface area (Å²) in [5, 5.41) is 4.66. The zero-order valence-electron chi connectivity index (χ0n) is 12.8. The summed E-state index contributed by atoms with van der Waals surface area (Å²) < 4.78 is 3.29. The number of nitrogens with zero attached hydrogens (tertiary/aromatic N) is 2. The van der Waals surface area contributed by atoms with Gasteiger partial charge in [0, 0.05) is 6.54 Å². The molecule has 3 nitrogen and oxygen atoms in total. The number of benzene rings is 1. The van der Waals surface area contributed by atoms with Crippen molar-refractivity contribution in [2.24, 2.45) is 5.73 Å². The van der Waals surface area contributed by atoms with Gasteiger partial charge in [0.2, 0.25) is 0 Å². The van der Waals surface area contributed by atoms with Gasteiger partial charge in [0.25, 0.3) is 0 Å². The molecule has 0 fully saturated rings. The van der Waals surface area contributed by atoms with Gasteiger partial charge in [-0.3, -0.25) is 4.68 Å². The number of aromatic nitrogens is 2. The molecule has 1 heterocycles. The van der Waals surface area contributed by atoms with E-state index in [2.05, 4.69) is 63.8 Å². The molecule has 1 unspecified atom stereocenters. The van der Waals surface area contributed by atoms with Crippen LogP contribution in [0.5, 0.6) is 0 Å². The number of halogens is 1. The normalized spacial score (nSPS) is 12.6. The summed E-state index contributed by atoms with van der Waals surface area (Å²) >= 11 is 3.72. The summed E-state index contributed by atoms with van der Waals surface area (Å²) in [7, 11) is 0. The summed E-state index contributed by atoms with van der Waals surface area (Å²) in [6.07, 6.45) is 3.01. The van der Waals surface area contributed by atoms with E-state index in [0.29, 0.717) is 12.5 Å². The summed E-state index contributed by atoms with van der Waals surface area (Å²) in [4.78, 5) is 0. The van der Waals surface area contributed by atoms with Gasteiger partial charge in [-0.15, -0.1) is 0 Å². The van der Waals surface area contributed by atoms with Gasteiger partial charge >= 0.3 is 0 Å². The minimum Gasteiger partial charge on any atom is -0.330 e. The van der Waals surface area contributed by atoms with Crippen LogP contribution in [0.2, 0.25) is 0 Å². The SMILES string of the molecule is CCc1nn(CC)c(CCC(CN)c2ccccc2)c1Br. The highest BCUT2D eigenvalue weighted by Gasteiger charge is 2.16. The zero-order valence-corrected chi connectivity index (χ0v) is 14.4. The molecule has 0 spiro atoms. The Hall–Kier alpha value is -1.13. The molecular formula is C17H24BrN3. The van der Waals surface area contributed by atoms with Crippen LogP contribution in [0.4, 0.5) is 0 Å². The van der Waals surface area contributed by atoms with Crippen LogP contribution in [0.15, 0.2) is 34.8 Å². The topological polar surface area (TPSA) is 43.8 Å². The molecule has 1 aromatic carbocycles. The second-order valence-corrected chi connectivity index (χ2v) is 6.05. The summed E-state index contributed by atoms with van der Waals surface area (Å²) in [5.74, 6) is 0.406. The predicted octanol–water partition coefficient (Wildman–Crippen LogP) is 3.90. The van der Waals surface area contributed by atoms with E-state index in [-0.39, 0.29) is 0 Å². The molecular weight excluding hydrogens is 326 g/mol. The summed E-state index contributed by atoms with van der Waals surface area (Å²) in [6, 6.07) is 10.6. The van der Waals surface area contributed by atoms with Gasteiger partial charge < -0.3 is 5.73 Å². The van der Waals surface area contributed by atoms with E-state index >= 15 is 0 Å². The monoisotopic (exact) mass is 349 g/mol. The number of hydrogen-bond acceptors (Lipinski definition) is 2. The maximum absolute atomic E-state index is 5.97. The average Bonchev–Trinajstić information content (AvgIpc) is 2.84. The van der Waals surface area contributed by atoms with Crippen molar-refractivity contribution in [2.75, 3.05) is 6.54 Å². The lowest BCUT2D eigenvalue weighted by Gasteiger charge is -2.15. The third-order valence-corrected chi connectivity index (χ3v) is 4.89. The smallest absolute Gasteiger partial charge is 0.0766 e. The quantitative estimate of drug-likeness (QED) is 0.823. The molecule has 1 atom stereocenters. The van der Waals surface area contributed by atoms with E-state index < -0.39 is 0 Å². The number of aryl methyl sites for hydroxylation is 2. The van der Waals surface area contributed by atoms with Crippen molar-refractivity contribution in [3.8, 4) is 0 Å². The first kappa shape index (κ1) is 16.2. The van der Waals surface area contributed by atoms with Gasteiger partial charge in [0.1, 0.15) is 0 Å². The second kappa shape index (κ2) is 7.76. The van der Waals surface area contributed by atoms with Gasteiger partial charge in [-0.2, -0.15) is 5.10 Å². The largest absolute Gasteiger partial charge is 0.330 e. The van der Waals surface area contributed by atoms with Crippen molar-refractivity contribution < 1.29 is 0 Å². The first-order chi connectivity index (χ1) is 10.2. The van der Waals surface area contributed by atoms with Crippen LogP contribution >= 0.6 is 15.9 Å². The first-order valence-electron chi connectivity index (χ1n) is 7.70. The highest BCUT2D eigenvalue weighted by Crippen LogP contribution is 2.27. The van der Waals surface area contributed by atoms with Crippen LogP contribution in [-0.4, -0.2) is 16.3 Å². The Balaban J connectivity index is 2.13. The van der Waals surface area contributed by atoms with Crippen molar-refractivity contribution in [3.63, 3.8) is 0 Å². The molecule has 0 aliphatic rings. The molecule has 1 aromatic heterocycles. The van der Waals surface area contributed by atoms with Gasteiger partial charge in [0.15, 0.2) is 0 Å². The van der Waals surface area contributed by atoms with Gasteiger partial charge in [-0.1, -0.05) is 37.3 Å². The highest BCUT2D eigenvalue weighted by molar-refractivity contribution is 9.10. The highest BCUT2D eigenvalue weighted by atomic mass is 79.9. The molecule has 0 saturated heterocycles. The van der Waals surface area contributed by atoms with E-state index in [0.717, 1.165) is 31.5 Å². The molecule has 114 valence electrons. The minimum atomic E-state index is 0.406.